The van der Waals surface area contributed by atoms with E-state index in [9.17, 15) is 29.7 Å². The maximum Gasteiger partial charge on any atom is 0.331 e. The second kappa shape index (κ2) is 9.39. The lowest BCUT2D eigenvalue weighted by Gasteiger charge is -2.70. The lowest BCUT2D eigenvalue weighted by molar-refractivity contribution is -0.382. The van der Waals surface area contributed by atoms with Crippen molar-refractivity contribution in [1.29, 1.82) is 0 Å². The highest BCUT2D eigenvalue weighted by atomic mass is 19.0. The lowest BCUT2D eigenvalue weighted by Crippen LogP contribution is -2.78. The molecule has 3 fully saturated rings. The van der Waals surface area contributed by atoms with Crippen LogP contribution in [-0.2, 0) is 23.9 Å². The van der Waals surface area contributed by atoms with Gasteiger partial charge in [-0.05, 0) is 48.8 Å². The van der Waals surface area contributed by atoms with Crippen molar-refractivity contribution < 1.29 is 43.9 Å². The second-order valence-electron chi connectivity index (χ2n) is 11.7. The van der Waals surface area contributed by atoms with Crippen LogP contribution in [0.4, 0.5) is 4.70 Å². The molecule has 0 aromatic heterocycles. The zero-order chi connectivity index (χ0) is 26.9. The Balaban J connectivity index is 0.00000336. The van der Waals surface area contributed by atoms with E-state index < -0.39 is 70.4 Å². The zero-order valence-electron chi connectivity index (χ0n) is 21.9. The van der Waals surface area contributed by atoms with Crippen molar-refractivity contribution in [2.75, 3.05) is 0 Å². The van der Waals surface area contributed by atoms with E-state index in [0.717, 1.165) is 5.56 Å². The first-order valence-electron chi connectivity index (χ1n) is 12.8. The van der Waals surface area contributed by atoms with Gasteiger partial charge < -0.3 is 24.8 Å². The summed E-state index contributed by atoms with van der Waals surface area (Å²) in [4.78, 5) is 39.0. The number of ether oxygens (including phenoxy) is 2. The minimum absolute atomic E-state index is 0. The number of esters is 2. The van der Waals surface area contributed by atoms with E-state index in [1.807, 2.05) is 37.3 Å². The van der Waals surface area contributed by atoms with E-state index in [-0.39, 0.29) is 17.1 Å². The number of carbonyl (C=O) groups excluding carboxylic acids is 3. The molecule has 38 heavy (non-hydrogen) atoms. The number of hydrogen-bond donors (Lipinski definition) is 3. The summed E-state index contributed by atoms with van der Waals surface area (Å²) in [7, 11) is 0. The van der Waals surface area contributed by atoms with Gasteiger partial charge in [0, 0.05) is 29.2 Å². The number of halogens is 1. The van der Waals surface area contributed by atoms with Crippen molar-refractivity contribution in [1.82, 2.24) is 0 Å². The summed E-state index contributed by atoms with van der Waals surface area (Å²) in [5.41, 5.74) is -0.805. The molecule has 0 spiro atoms. The van der Waals surface area contributed by atoms with Gasteiger partial charge in [0.2, 0.25) is 0 Å². The van der Waals surface area contributed by atoms with E-state index in [4.69, 9.17) is 9.47 Å². The van der Waals surface area contributed by atoms with E-state index in [1.54, 1.807) is 26.8 Å². The first-order valence-corrected chi connectivity index (χ1v) is 12.8. The monoisotopic (exact) mass is 530 g/mol. The molecule has 0 radical (unpaired) electrons. The summed E-state index contributed by atoms with van der Waals surface area (Å²) in [6.45, 7) is 7.05. The number of allylic oxidation sites excluding steroid dienone is 1. The predicted octanol–water partition coefficient (Wildman–Crippen LogP) is 2.57. The average Bonchev–Trinajstić information content (AvgIpc) is 2.83. The normalized spacial score (nSPS) is 41.2. The number of aliphatic hydroxyl groups excluding tert-OH is 1. The average molecular weight is 531 g/mol. The Labute approximate surface area is 220 Å². The molecule has 5 rings (SSSR count). The summed E-state index contributed by atoms with van der Waals surface area (Å²) in [5.74, 6) is -6.83. The molecule has 8 nitrogen and oxygen atoms in total. The number of fused-ring (bicyclic) bond motifs is 2. The van der Waals surface area contributed by atoms with Crippen molar-refractivity contribution >= 4 is 23.8 Å². The van der Waals surface area contributed by atoms with Gasteiger partial charge in [-0.2, -0.15) is 0 Å². The molecule has 4 unspecified atom stereocenters. The van der Waals surface area contributed by atoms with Crippen LogP contribution in [0, 0.1) is 34.5 Å². The Kier molecular flexibility index (Phi) is 6.96. The molecule has 3 aliphatic carbocycles. The fourth-order valence-electron chi connectivity index (χ4n) is 8.25. The Hall–Kier alpha value is -2.88. The number of carbonyl (C=O) groups is 3. The molecule has 2 saturated carbocycles. The summed E-state index contributed by atoms with van der Waals surface area (Å²) in [6.07, 6.45) is 1.06. The molecule has 4 aliphatic rings. The van der Waals surface area contributed by atoms with Gasteiger partial charge in [0.25, 0.3) is 0 Å². The predicted molar refractivity (Wildman–Crippen MR) is 135 cm³/mol. The third kappa shape index (κ3) is 3.86. The summed E-state index contributed by atoms with van der Waals surface area (Å²) in [5, 5.41) is 34.2. The Morgan fingerprint density at radius 3 is 2.45 bits per heavy atom. The van der Waals surface area contributed by atoms with Crippen LogP contribution < -0.4 is 0 Å². The molecular formula is C29H35FO8. The zero-order valence-corrected chi connectivity index (χ0v) is 21.9. The third-order valence-electron chi connectivity index (χ3n) is 9.78. The van der Waals surface area contributed by atoms with E-state index in [1.165, 1.54) is 12.2 Å². The molecule has 206 valence electrons. The summed E-state index contributed by atoms with van der Waals surface area (Å²) < 4.78 is 11.6. The fourth-order valence-corrected chi connectivity index (χ4v) is 8.25. The molecule has 0 amide bonds. The van der Waals surface area contributed by atoms with E-state index in [2.05, 4.69) is 0 Å². The van der Waals surface area contributed by atoms with Crippen molar-refractivity contribution in [3.63, 3.8) is 0 Å². The third-order valence-corrected chi connectivity index (χ3v) is 9.78. The Bertz CT molecular complexity index is 1190. The molecule has 3 N–H and O–H groups in total. The standard InChI is InChI=1S/C29H34O8.FH/c1-15-12-20(30)25(37-22(31)11-10-17-8-6-5-7-9-17)28(4)18(15)13-21-27(3)19(14-23(32)36-21)16(2)24(33)29(34,35)26(27)28;/h5-12,16,18-19,21,24-26,33-35H,13-14H2,1-4H3;1H/b11-10+;/t16-,18+,19?,21?,24-,25-,26+,27?,28?;/m1./s1. The maximum absolute atomic E-state index is 13.4. The minimum atomic E-state index is -2.62. The van der Waals surface area contributed by atoms with Crippen LogP contribution in [0.15, 0.2) is 48.1 Å². The number of aliphatic hydroxyl groups is 3. The smallest absolute Gasteiger partial charge is 0.331 e. The lowest BCUT2D eigenvalue weighted by atomic mass is 9.37. The van der Waals surface area contributed by atoms with Gasteiger partial charge in [0.1, 0.15) is 12.2 Å². The van der Waals surface area contributed by atoms with Crippen molar-refractivity contribution in [2.45, 2.75) is 64.6 Å². The van der Waals surface area contributed by atoms with Gasteiger partial charge in [0.05, 0.1) is 0 Å². The molecule has 1 saturated heterocycles. The van der Waals surface area contributed by atoms with Crippen LogP contribution in [-0.4, -0.2) is 57.1 Å². The fraction of sp³-hybridized carbons (Fsp3) is 0.552. The van der Waals surface area contributed by atoms with E-state index in [0.29, 0.717) is 12.0 Å². The number of ketones is 1. The first-order chi connectivity index (χ1) is 17.3. The Morgan fingerprint density at radius 2 is 1.79 bits per heavy atom. The molecule has 1 aromatic rings. The SMILES string of the molecule is CC1=CC(=O)[C@@H](OC(=O)/C=C/c2ccccc2)C2(C)[C@@H]3C4(C)C(C[C@@H]12)OC(=O)CC4[C@@H](C)[C@@H](O)C3(O)O.F. The summed E-state index contributed by atoms with van der Waals surface area (Å²) >= 11 is 0. The van der Waals surface area contributed by atoms with Crippen molar-refractivity contribution in [3.8, 4) is 0 Å². The quantitative estimate of drug-likeness (QED) is 0.309. The number of rotatable bonds is 3. The molecule has 9 atom stereocenters. The van der Waals surface area contributed by atoms with Gasteiger partial charge in [-0.25, -0.2) is 4.79 Å². The van der Waals surface area contributed by atoms with Crippen molar-refractivity contribution in [3.05, 3.63) is 53.6 Å². The number of benzene rings is 1. The van der Waals surface area contributed by atoms with Crippen LogP contribution in [0.25, 0.3) is 6.08 Å². The second-order valence-corrected chi connectivity index (χ2v) is 11.7. The molecule has 9 heteroatoms. The van der Waals surface area contributed by atoms with Crippen LogP contribution in [0.5, 0.6) is 0 Å². The Morgan fingerprint density at radius 1 is 1.13 bits per heavy atom. The van der Waals surface area contributed by atoms with Crippen LogP contribution in [0.2, 0.25) is 0 Å². The first kappa shape index (κ1) is 28.1. The van der Waals surface area contributed by atoms with E-state index >= 15 is 0 Å². The highest BCUT2D eigenvalue weighted by Crippen LogP contribution is 2.70. The van der Waals surface area contributed by atoms with Gasteiger partial charge >= 0.3 is 11.9 Å². The molecule has 1 aromatic carbocycles. The van der Waals surface area contributed by atoms with Crippen molar-refractivity contribution in [2.24, 2.45) is 34.5 Å². The topological polar surface area (TPSA) is 130 Å². The highest BCUT2D eigenvalue weighted by Gasteiger charge is 2.77. The highest BCUT2D eigenvalue weighted by molar-refractivity contribution is 5.98. The van der Waals surface area contributed by atoms with Gasteiger partial charge in [-0.1, -0.05) is 56.7 Å². The number of hydrogen-bond acceptors (Lipinski definition) is 8. The summed E-state index contributed by atoms with van der Waals surface area (Å²) in [6, 6.07) is 9.16. The molecule has 1 heterocycles. The van der Waals surface area contributed by atoms with Crippen LogP contribution in [0.3, 0.4) is 0 Å². The van der Waals surface area contributed by atoms with Gasteiger partial charge in [-0.3, -0.25) is 14.3 Å². The maximum atomic E-state index is 13.4. The van der Waals surface area contributed by atoms with Gasteiger partial charge in [0.15, 0.2) is 17.7 Å². The minimum Gasteiger partial charge on any atom is -0.462 e. The van der Waals surface area contributed by atoms with Crippen LogP contribution in [0.1, 0.15) is 46.1 Å². The molecule has 0 bridgehead atoms. The van der Waals surface area contributed by atoms with Crippen LogP contribution >= 0.6 is 0 Å². The molecular weight excluding hydrogens is 495 g/mol. The molecule has 1 aliphatic heterocycles. The van der Waals surface area contributed by atoms with Gasteiger partial charge in [-0.15, -0.1) is 0 Å². The largest absolute Gasteiger partial charge is 0.462 e.